The summed E-state index contributed by atoms with van der Waals surface area (Å²) in [5.74, 6) is -0.246. The molecule has 1 amide bonds. The number of hydrogen-bond donors (Lipinski definition) is 2. The third-order valence-electron chi connectivity index (χ3n) is 1.53. The van der Waals surface area contributed by atoms with E-state index in [1.165, 1.54) is 6.08 Å². The minimum absolute atomic E-state index is 0.246. The van der Waals surface area contributed by atoms with Crippen molar-refractivity contribution >= 4 is 17.3 Å². The zero-order valence-corrected chi connectivity index (χ0v) is 7.37. The first-order chi connectivity index (χ1) is 6.27. The van der Waals surface area contributed by atoms with E-state index in [4.69, 9.17) is 0 Å². The van der Waals surface area contributed by atoms with Crippen molar-refractivity contribution in [3.63, 3.8) is 0 Å². The summed E-state index contributed by atoms with van der Waals surface area (Å²) in [5, 5.41) is 5.57. The second-order valence-electron chi connectivity index (χ2n) is 2.36. The summed E-state index contributed by atoms with van der Waals surface area (Å²) in [5.41, 5.74) is 1.47. The largest absolute Gasteiger partial charge is 0.386 e. The highest BCUT2D eigenvalue weighted by Crippen LogP contribution is 2.18. The minimum atomic E-state index is -0.246. The molecule has 0 aliphatic rings. The molecule has 0 fully saturated rings. The van der Waals surface area contributed by atoms with Crippen molar-refractivity contribution in [1.82, 2.24) is 4.98 Å². The lowest BCUT2D eigenvalue weighted by Gasteiger charge is -2.07. The number of rotatable bonds is 3. The van der Waals surface area contributed by atoms with Gasteiger partial charge < -0.3 is 10.6 Å². The molecule has 68 valence electrons. The number of nitrogens with zero attached hydrogens (tertiary/aromatic N) is 1. The van der Waals surface area contributed by atoms with Gasteiger partial charge in [-0.1, -0.05) is 6.58 Å². The molecule has 0 saturated carbocycles. The summed E-state index contributed by atoms with van der Waals surface area (Å²) in [6, 6.07) is 1.78. The van der Waals surface area contributed by atoms with E-state index in [2.05, 4.69) is 22.2 Å². The molecule has 4 nitrogen and oxygen atoms in total. The van der Waals surface area contributed by atoms with Crippen LogP contribution in [0.3, 0.4) is 0 Å². The van der Waals surface area contributed by atoms with Crippen LogP contribution >= 0.6 is 0 Å². The number of carbonyl (C=O) groups excluding carboxylic acids is 1. The van der Waals surface area contributed by atoms with Gasteiger partial charge in [0.2, 0.25) is 5.91 Å². The van der Waals surface area contributed by atoms with Crippen LogP contribution in [0.2, 0.25) is 0 Å². The van der Waals surface area contributed by atoms with E-state index in [9.17, 15) is 4.79 Å². The number of aromatic nitrogens is 1. The summed E-state index contributed by atoms with van der Waals surface area (Å²) < 4.78 is 0. The Morgan fingerprint density at radius 3 is 3.00 bits per heavy atom. The van der Waals surface area contributed by atoms with Gasteiger partial charge in [-0.15, -0.1) is 0 Å². The predicted octanol–water partition coefficient (Wildman–Crippen LogP) is 1.25. The number of amides is 1. The Bertz CT molecular complexity index is 322. The number of hydrogen-bond acceptors (Lipinski definition) is 3. The Hall–Kier alpha value is -1.84. The van der Waals surface area contributed by atoms with Crippen LogP contribution in [0.15, 0.2) is 31.1 Å². The third-order valence-corrected chi connectivity index (χ3v) is 1.53. The highest BCUT2D eigenvalue weighted by molar-refractivity contribution is 6.00. The lowest BCUT2D eigenvalue weighted by molar-refractivity contribution is -0.111. The topological polar surface area (TPSA) is 54.0 Å². The molecule has 0 aromatic carbocycles. The number of anilines is 2. The number of carbonyl (C=O) groups is 1. The van der Waals surface area contributed by atoms with Crippen molar-refractivity contribution in [1.29, 1.82) is 0 Å². The molecule has 0 spiro atoms. The zero-order valence-electron chi connectivity index (χ0n) is 7.37. The van der Waals surface area contributed by atoms with Gasteiger partial charge in [-0.2, -0.15) is 0 Å². The van der Waals surface area contributed by atoms with Gasteiger partial charge in [0.15, 0.2) is 0 Å². The fourth-order valence-corrected chi connectivity index (χ4v) is 0.896. The monoisotopic (exact) mass is 177 g/mol. The van der Waals surface area contributed by atoms with Crippen molar-refractivity contribution in [2.24, 2.45) is 0 Å². The van der Waals surface area contributed by atoms with Crippen LogP contribution in [0.25, 0.3) is 0 Å². The van der Waals surface area contributed by atoms with Gasteiger partial charge >= 0.3 is 0 Å². The van der Waals surface area contributed by atoms with Crippen LogP contribution in [-0.4, -0.2) is 17.9 Å². The molecule has 1 aromatic heterocycles. The molecule has 0 bridgehead atoms. The van der Waals surface area contributed by atoms with Crippen molar-refractivity contribution in [3.05, 3.63) is 31.1 Å². The molecule has 0 unspecified atom stereocenters. The molecule has 4 heteroatoms. The Labute approximate surface area is 76.7 Å². The van der Waals surface area contributed by atoms with Gasteiger partial charge in [0, 0.05) is 13.2 Å². The highest BCUT2D eigenvalue weighted by atomic mass is 16.1. The Morgan fingerprint density at radius 1 is 1.62 bits per heavy atom. The maximum Gasteiger partial charge on any atom is 0.247 e. The van der Waals surface area contributed by atoms with E-state index in [1.54, 1.807) is 25.5 Å². The average Bonchev–Trinajstić information content (AvgIpc) is 2.18. The Morgan fingerprint density at radius 2 is 2.38 bits per heavy atom. The fraction of sp³-hybridized carbons (Fsp3) is 0.111. The Balaban J connectivity index is 2.86. The lowest BCUT2D eigenvalue weighted by atomic mass is 10.3. The molecule has 1 aromatic rings. The van der Waals surface area contributed by atoms with E-state index in [1.807, 2.05) is 0 Å². The van der Waals surface area contributed by atoms with E-state index in [-0.39, 0.29) is 5.91 Å². The van der Waals surface area contributed by atoms with Gasteiger partial charge in [0.1, 0.15) is 0 Å². The van der Waals surface area contributed by atoms with Crippen LogP contribution in [0.5, 0.6) is 0 Å². The average molecular weight is 177 g/mol. The molecule has 1 rings (SSSR count). The van der Waals surface area contributed by atoms with Crippen molar-refractivity contribution in [2.45, 2.75) is 0 Å². The molecule has 0 radical (unpaired) electrons. The summed E-state index contributed by atoms with van der Waals surface area (Å²) in [6.45, 7) is 3.36. The maximum atomic E-state index is 11.0. The molecule has 13 heavy (non-hydrogen) atoms. The van der Waals surface area contributed by atoms with Gasteiger partial charge in [-0.25, -0.2) is 0 Å². The minimum Gasteiger partial charge on any atom is -0.386 e. The summed E-state index contributed by atoms with van der Waals surface area (Å²) >= 11 is 0. The van der Waals surface area contributed by atoms with Crippen LogP contribution in [0.4, 0.5) is 11.4 Å². The molecular weight excluding hydrogens is 166 g/mol. The third kappa shape index (κ3) is 2.30. The highest BCUT2D eigenvalue weighted by Gasteiger charge is 2.01. The van der Waals surface area contributed by atoms with Crippen molar-refractivity contribution in [3.8, 4) is 0 Å². The SMILES string of the molecule is C=CC(=O)Nc1cnccc1NC. The quantitative estimate of drug-likeness (QED) is 0.683. The van der Waals surface area contributed by atoms with Gasteiger partial charge in [0.05, 0.1) is 17.6 Å². The Kier molecular flexibility index (Phi) is 3.03. The second-order valence-corrected chi connectivity index (χ2v) is 2.36. The molecular formula is C9H11N3O. The van der Waals surface area contributed by atoms with Crippen LogP contribution < -0.4 is 10.6 Å². The van der Waals surface area contributed by atoms with E-state index >= 15 is 0 Å². The first-order valence-electron chi connectivity index (χ1n) is 3.83. The molecule has 2 N–H and O–H groups in total. The van der Waals surface area contributed by atoms with Crippen LogP contribution in [0.1, 0.15) is 0 Å². The smallest absolute Gasteiger partial charge is 0.247 e. The summed E-state index contributed by atoms with van der Waals surface area (Å²) in [7, 11) is 1.78. The molecule has 0 atom stereocenters. The van der Waals surface area contributed by atoms with Crippen molar-refractivity contribution < 1.29 is 4.79 Å². The van der Waals surface area contributed by atoms with Crippen LogP contribution in [-0.2, 0) is 4.79 Å². The normalized spacial score (nSPS) is 9.00. The van der Waals surface area contributed by atoms with Gasteiger partial charge in [-0.05, 0) is 12.1 Å². The second kappa shape index (κ2) is 4.25. The van der Waals surface area contributed by atoms with Gasteiger partial charge in [0.25, 0.3) is 0 Å². The van der Waals surface area contributed by atoms with Crippen LogP contribution in [0, 0.1) is 0 Å². The standard InChI is InChI=1S/C9H11N3O/c1-3-9(13)12-8-6-11-5-4-7(8)10-2/h3-6H,1H2,2H3,(H,10,11)(H,12,13). The van der Waals surface area contributed by atoms with Gasteiger partial charge in [-0.3, -0.25) is 9.78 Å². The number of nitrogens with one attached hydrogen (secondary N) is 2. The molecule has 0 saturated heterocycles. The number of pyridine rings is 1. The predicted molar refractivity (Wildman–Crippen MR) is 52.6 cm³/mol. The first-order valence-corrected chi connectivity index (χ1v) is 3.83. The molecule has 1 heterocycles. The maximum absolute atomic E-state index is 11.0. The first kappa shape index (κ1) is 9.25. The van der Waals surface area contributed by atoms with Crippen molar-refractivity contribution in [2.75, 3.05) is 17.7 Å². The summed E-state index contributed by atoms with van der Waals surface area (Å²) in [4.78, 5) is 14.9. The molecule has 0 aliphatic heterocycles. The zero-order chi connectivity index (χ0) is 9.68. The molecule has 0 aliphatic carbocycles. The fourth-order valence-electron chi connectivity index (χ4n) is 0.896. The van der Waals surface area contributed by atoms with E-state index in [0.29, 0.717) is 5.69 Å². The van der Waals surface area contributed by atoms with E-state index < -0.39 is 0 Å². The summed E-state index contributed by atoms with van der Waals surface area (Å²) in [6.07, 6.45) is 4.44. The van der Waals surface area contributed by atoms with E-state index in [0.717, 1.165) is 5.69 Å². The lowest BCUT2D eigenvalue weighted by Crippen LogP contribution is -2.09.